The Balaban J connectivity index is 2.14. The first kappa shape index (κ1) is 12.8. The highest BCUT2D eigenvalue weighted by atomic mass is 16.3. The molecule has 0 fully saturated rings. The van der Waals surface area contributed by atoms with Gasteiger partial charge in [-0.2, -0.15) is 0 Å². The summed E-state index contributed by atoms with van der Waals surface area (Å²) in [5, 5.41) is 11.4. The van der Waals surface area contributed by atoms with Crippen molar-refractivity contribution in [2.24, 2.45) is 0 Å². The van der Waals surface area contributed by atoms with Crippen molar-refractivity contribution in [2.75, 3.05) is 13.2 Å². The first-order valence-electron chi connectivity index (χ1n) is 5.69. The van der Waals surface area contributed by atoms with E-state index in [0.29, 0.717) is 17.9 Å². The fourth-order valence-electron chi connectivity index (χ4n) is 1.51. The third kappa shape index (κ3) is 4.06. The lowest BCUT2D eigenvalue weighted by Crippen LogP contribution is -2.24. The third-order valence-electron chi connectivity index (χ3n) is 2.47. The van der Waals surface area contributed by atoms with Crippen molar-refractivity contribution < 1.29 is 14.3 Å². The van der Waals surface area contributed by atoms with Crippen molar-refractivity contribution in [3.63, 3.8) is 0 Å². The highest BCUT2D eigenvalue weighted by molar-refractivity contribution is 5.94. The van der Waals surface area contributed by atoms with Gasteiger partial charge in [-0.3, -0.25) is 4.79 Å². The van der Waals surface area contributed by atoms with Gasteiger partial charge < -0.3 is 14.8 Å². The molecule has 2 N–H and O–H groups in total. The fourth-order valence-corrected chi connectivity index (χ4v) is 1.51. The molecule has 0 unspecified atom stereocenters. The van der Waals surface area contributed by atoms with Crippen LogP contribution in [0, 0.1) is 6.92 Å². The van der Waals surface area contributed by atoms with Crippen LogP contribution in [0.15, 0.2) is 16.7 Å². The number of aliphatic hydroxyl groups excluding tert-OH is 1. The molecule has 1 rings (SSSR count). The zero-order valence-corrected chi connectivity index (χ0v) is 9.66. The summed E-state index contributed by atoms with van der Waals surface area (Å²) in [6, 6.07) is 1.68. The van der Waals surface area contributed by atoms with Crippen LogP contribution < -0.4 is 5.32 Å². The Morgan fingerprint density at radius 2 is 2.12 bits per heavy atom. The summed E-state index contributed by atoms with van der Waals surface area (Å²) in [7, 11) is 0. The predicted molar refractivity (Wildman–Crippen MR) is 61.3 cm³/mol. The van der Waals surface area contributed by atoms with E-state index in [2.05, 4.69) is 5.32 Å². The molecule has 1 heterocycles. The van der Waals surface area contributed by atoms with Crippen LogP contribution in [0.25, 0.3) is 0 Å². The van der Waals surface area contributed by atoms with Crippen molar-refractivity contribution in [1.29, 1.82) is 0 Å². The zero-order chi connectivity index (χ0) is 11.8. The second-order valence-electron chi connectivity index (χ2n) is 3.78. The summed E-state index contributed by atoms with van der Waals surface area (Å²) < 4.78 is 5.06. The molecule has 0 aliphatic rings. The number of carbonyl (C=O) groups is 1. The van der Waals surface area contributed by atoms with E-state index < -0.39 is 0 Å². The van der Waals surface area contributed by atoms with Gasteiger partial charge in [0, 0.05) is 13.2 Å². The monoisotopic (exact) mass is 225 g/mol. The minimum atomic E-state index is -0.0755. The Kier molecular flexibility index (Phi) is 5.64. The second-order valence-corrected chi connectivity index (χ2v) is 3.78. The lowest BCUT2D eigenvalue weighted by molar-refractivity contribution is 0.0951. The van der Waals surface area contributed by atoms with Gasteiger partial charge in [0.15, 0.2) is 0 Å². The van der Waals surface area contributed by atoms with Gasteiger partial charge in [0.05, 0.1) is 11.8 Å². The van der Waals surface area contributed by atoms with Crippen molar-refractivity contribution >= 4 is 5.91 Å². The topological polar surface area (TPSA) is 62.5 Å². The molecule has 4 nitrogen and oxygen atoms in total. The number of hydrogen-bond donors (Lipinski definition) is 2. The summed E-state index contributed by atoms with van der Waals surface area (Å²) in [4.78, 5) is 11.6. The Morgan fingerprint density at radius 1 is 1.38 bits per heavy atom. The molecule has 0 aromatic carbocycles. The molecule has 0 aliphatic carbocycles. The molecule has 4 heteroatoms. The van der Waals surface area contributed by atoms with Gasteiger partial charge in [0.1, 0.15) is 5.76 Å². The number of furan rings is 1. The fraction of sp³-hybridized carbons (Fsp3) is 0.583. The van der Waals surface area contributed by atoms with Crippen molar-refractivity contribution in [1.82, 2.24) is 5.32 Å². The van der Waals surface area contributed by atoms with Crippen LogP contribution in [-0.2, 0) is 0 Å². The van der Waals surface area contributed by atoms with Gasteiger partial charge in [-0.05, 0) is 25.8 Å². The summed E-state index contributed by atoms with van der Waals surface area (Å²) in [6.07, 6.45) is 5.35. The Hall–Kier alpha value is -1.29. The van der Waals surface area contributed by atoms with Crippen LogP contribution in [0.4, 0.5) is 0 Å². The maximum atomic E-state index is 11.6. The molecule has 0 saturated carbocycles. The maximum absolute atomic E-state index is 11.6. The van der Waals surface area contributed by atoms with Crippen molar-refractivity contribution in [3.8, 4) is 0 Å². The minimum absolute atomic E-state index is 0.0755. The lowest BCUT2D eigenvalue weighted by Gasteiger charge is -2.03. The second kappa shape index (κ2) is 7.06. The summed E-state index contributed by atoms with van der Waals surface area (Å²) in [6.45, 7) is 2.70. The molecule has 0 bridgehead atoms. The number of aryl methyl sites for hydroxylation is 1. The van der Waals surface area contributed by atoms with Gasteiger partial charge in [0.2, 0.25) is 0 Å². The average Bonchev–Trinajstić information content (AvgIpc) is 2.69. The Bertz CT molecular complexity index is 320. The normalized spacial score (nSPS) is 10.4. The molecule has 0 radical (unpaired) electrons. The summed E-state index contributed by atoms with van der Waals surface area (Å²) in [5.74, 6) is 0.575. The highest BCUT2D eigenvalue weighted by Crippen LogP contribution is 2.08. The highest BCUT2D eigenvalue weighted by Gasteiger charge is 2.09. The predicted octanol–water partition coefficient (Wildman–Crippen LogP) is 1.87. The zero-order valence-electron chi connectivity index (χ0n) is 9.66. The van der Waals surface area contributed by atoms with Gasteiger partial charge >= 0.3 is 0 Å². The first-order chi connectivity index (χ1) is 7.75. The molecule has 0 saturated heterocycles. The SMILES string of the molecule is Cc1occc1C(=O)NCCCCCCO. The number of aliphatic hydroxyl groups is 1. The number of rotatable bonds is 7. The third-order valence-corrected chi connectivity index (χ3v) is 2.47. The van der Waals surface area contributed by atoms with E-state index in [1.807, 2.05) is 0 Å². The number of unbranched alkanes of at least 4 members (excludes halogenated alkanes) is 3. The first-order valence-corrected chi connectivity index (χ1v) is 5.69. The van der Waals surface area contributed by atoms with E-state index >= 15 is 0 Å². The molecular weight excluding hydrogens is 206 g/mol. The van der Waals surface area contributed by atoms with E-state index in [4.69, 9.17) is 9.52 Å². The van der Waals surface area contributed by atoms with Gasteiger partial charge in [0.25, 0.3) is 5.91 Å². The smallest absolute Gasteiger partial charge is 0.254 e. The van der Waals surface area contributed by atoms with Gasteiger partial charge in [-0.25, -0.2) is 0 Å². The van der Waals surface area contributed by atoms with E-state index in [0.717, 1.165) is 25.7 Å². The largest absolute Gasteiger partial charge is 0.469 e. The number of carbonyl (C=O) groups excluding carboxylic acids is 1. The lowest BCUT2D eigenvalue weighted by atomic mass is 10.2. The molecule has 16 heavy (non-hydrogen) atoms. The van der Waals surface area contributed by atoms with Crippen LogP contribution in [0.2, 0.25) is 0 Å². The Labute approximate surface area is 95.7 Å². The van der Waals surface area contributed by atoms with Crippen LogP contribution in [0.3, 0.4) is 0 Å². The quantitative estimate of drug-likeness (QED) is 0.696. The minimum Gasteiger partial charge on any atom is -0.469 e. The van der Waals surface area contributed by atoms with Crippen molar-refractivity contribution in [2.45, 2.75) is 32.6 Å². The average molecular weight is 225 g/mol. The molecule has 90 valence electrons. The van der Waals surface area contributed by atoms with Crippen LogP contribution >= 0.6 is 0 Å². The van der Waals surface area contributed by atoms with E-state index in [-0.39, 0.29) is 12.5 Å². The molecule has 0 aliphatic heterocycles. The molecule has 0 spiro atoms. The van der Waals surface area contributed by atoms with E-state index in [1.54, 1.807) is 13.0 Å². The number of hydrogen-bond acceptors (Lipinski definition) is 3. The maximum Gasteiger partial charge on any atom is 0.254 e. The van der Waals surface area contributed by atoms with Gasteiger partial charge in [-0.1, -0.05) is 12.8 Å². The van der Waals surface area contributed by atoms with Crippen LogP contribution in [0.1, 0.15) is 41.8 Å². The van der Waals surface area contributed by atoms with Crippen LogP contribution in [0.5, 0.6) is 0 Å². The molecule has 0 atom stereocenters. The molecular formula is C12H19NO3. The van der Waals surface area contributed by atoms with E-state index in [1.165, 1.54) is 6.26 Å². The van der Waals surface area contributed by atoms with Gasteiger partial charge in [-0.15, -0.1) is 0 Å². The molecule has 1 aromatic heterocycles. The summed E-state index contributed by atoms with van der Waals surface area (Å²) >= 11 is 0. The van der Waals surface area contributed by atoms with Crippen LogP contribution in [-0.4, -0.2) is 24.2 Å². The Morgan fingerprint density at radius 3 is 2.75 bits per heavy atom. The van der Waals surface area contributed by atoms with Crippen molar-refractivity contribution in [3.05, 3.63) is 23.7 Å². The standard InChI is InChI=1S/C12H19NO3/c1-10-11(6-9-16-10)12(15)13-7-4-2-3-5-8-14/h6,9,14H,2-5,7-8H2,1H3,(H,13,15). The van der Waals surface area contributed by atoms with E-state index in [9.17, 15) is 4.79 Å². The molecule has 1 aromatic rings. The number of amides is 1. The number of nitrogens with one attached hydrogen (secondary N) is 1. The summed E-state index contributed by atoms with van der Waals surface area (Å²) in [5.41, 5.74) is 0.607. The molecule has 1 amide bonds.